The number of ether oxygens (including phenoxy) is 2. The van der Waals surface area contributed by atoms with Crippen molar-refractivity contribution in [1.29, 1.82) is 0 Å². The van der Waals surface area contributed by atoms with Gasteiger partial charge in [-0.05, 0) is 80.7 Å². The van der Waals surface area contributed by atoms with E-state index in [0.29, 0.717) is 0 Å². The number of anilines is 1. The highest BCUT2D eigenvalue weighted by Gasteiger charge is 2.51. The van der Waals surface area contributed by atoms with Gasteiger partial charge in [-0.3, -0.25) is 0 Å². The predicted octanol–water partition coefficient (Wildman–Crippen LogP) is 5.82. The van der Waals surface area contributed by atoms with Gasteiger partial charge in [-0.1, -0.05) is 41.7 Å². The lowest BCUT2D eigenvalue weighted by molar-refractivity contribution is 0.00578. The summed E-state index contributed by atoms with van der Waals surface area (Å²) in [5, 5.41) is 0.965. The fourth-order valence-electron chi connectivity index (χ4n) is 4.28. The molecule has 0 spiro atoms. The molecule has 8 heteroatoms. The first-order valence-electron chi connectivity index (χ1n) is 12.4. The molecule has 2 heterocycles. The lowest BCUT2D eigenvalue weighted by Gasteiger charge is -2.32. The molecule has 0 atom stereocenters. The summed E-state index contributed by atoms with van der Waals surface area (Å²) >= 11 is 1.69. The molecule has 1 saturated heterocycles. The highest BCUT2D eigenvalue weighted by molar-refractivity contribution is 7.22. The van der Waals surface area contributed by atoms with E-state index in [4.69, 9.17) is 23.8 Å². The second-order valence-electron chi connectivity index (χ2n) is 10.4. The van der Waals surface area contributed by atoms with Crippen LogP contribution in [-0.4, -0.2) is 37.5 Å². The van der Waals surface area contributed by atoms with Crippen LogP contribution in [0.5, 0.6) is 11.5 Å². The molecule has 37 heavy (non-hydrogen) atoms. The summed E-state index contributed by atoms with van der Waals surface area (Å²) in [5.74, 6) is 1.70. The van der Waals surface area contributed by atoms with E-state index in [1.807, 2.05) is 24.3 Å². The van der Waals surface area contributed by atoms with Crippen molar-refractivity contribution in [3.63, 3.8) is 0 Å². The van der Waals surface area contributed by atoms with E-state index < -0.39 is 7.12 Å². The molecule has 0 N–H and O–H groups in total. The molecule has 1 fully saturated rings. The SMILES string of the molecule is COc1ccc(CN(Cc2ccc(OC)cc2)c2nc3ccc(B4OC(C)(C)C(C)(C)O4)cc3s2)cc1. The number of benzene rings is 3. The molecular weight excluding hydrogens is 483 g/mol. The molecule has 0 radical (unpaired) electrons. The molecule has 0 unspecified atom stereocenters. The standard InChI is InChI=1S/C29H33BN2O4S/c1-28(2)29(3,4)36-30(35-28)22-11-16-25-26(17-22)37-27(31-25)32(18-20-7-12-23(33-5)13-8-20)19-21-9-14-24(34-6)15-10-21/h7-17H,18-19H2,1-6H3. The third-order valence-corrected chi connectivity index (χ3v) is 8.34. The minimum atomic E-state index is -0.394. The molecule has 0 bridgehead atoms. The van der Waals surface area contributed by atoms with Crippen molar-refractivity contribution in [2.45, 2.75) is 52.0 Å². The number of nitrogens with zero attached hydrogens (tertiary/aromatic N) is 2. The second kappa shape index (κ2) is 10.0. The van der Waals surface area contributed by atoms with E-state index in [2.05, 4.69) is 75.1 Å². The highest BCUT2D eigenvalue weighted by Crippen LogP contribution is 2.37. The number of thiazole rings is 1. The molecule has 1 aliphatic rings. The molecule has 1 aromatic heterocycles. The van der Waals surface area contributed by atoms with E-state index >= 15 is 0 Å². The molecule has 3 aromatic carbocycles. The maximum Gasteiger partial charge on any atom is 0.494 e. The molecule has 0 saturated carbocycles. The van der Waals surface area contributed by atoms with Crippen molar-refractivity contribution in [2.75, 3.05) is 19.1 Å². The summed E-state index contributed by atoms with van der Waals surface area (Å²) in [6, 6.07) is 22.7. The molecule has 1 aliphatic heterocycles. The zero-order valence-corrected chi connectivity index (χ0v) is 23.1. The van der Waals surface area contributed by atoms with Crippen molar-refractivity contribution >= 4 is 39.3 Å². The van der Waals surface area contributed by atoms with Crippen LogP contribution in [0.25, 0.3) is 10.2 Å². The van der Waals surface area contributed by atoms with Crippen molar-refractivity contribution in [3.05, 3.63) is 77.9 Å². The summed E-state index contributed by atoms with van der Waals surface area (Å²) in [6.07, 6.45) is 0. The zero-order valence-electron chi connectivity index (χ0n) is 22.3. The smallest absolute Gasteiger partial charge is 0.494 e. The Morgan fingerprint density at radius 3 is 1.78 bits per heavy atom. The minimum Gasteiger partial charge on any atom is -0.497 e. The number of rotatable bonds is 8. The Balaban J connectivity index is 1.45. The molecule has 0 amide bonds. The van der Waals surface area contributed by atoms with Gasteiger partial charge in [0.15, 0.2) is 5.13 Å². The van der Waals surface area contributed by atoms with E-state index in [-0.39, 0.29) is 11.2 Å². The van der Waals surface area contributed by atoms with Crippen molar-refractivity contribution in [1.82, 2.24) is 4.98 Å². The van der Waals surface area contributed by atoms with Gasteiger partial charge >= 0.3 is 7.12 Å². The van der Waals surface area contributed by atoms with Crippen molar-refractivity contribution in [3.8, 4) is 11.5 Å². The number of aromatic nitrogens is 1. The van der Waals surface area contributed by atoms with Gasteiger partial charge in [0.2, 0.25) is 0 Å². The van der Waals surface area contributed by atoms with E-state index in [1.165, 1.54) is 11.1 Å². The summed E-state index contributed by atoms with van der Waals surface area (Å²) < 4.78 is 24.3. The zero-order chi connectivity index (χ0) is 26.2. The van der Waals surface area contributed by atoms with Crippen LogP contribution in [0.15, 0.2) is 66.7 Å². The third kappa shape index (κ3) is 5.32. The summed E-state index contributed by atoms with van der Waals surface area (Å²) in [6.45, 7) is 9.75. The fraction of sp³-hybridized carbons (Fsp3) is 0.345. The van der Waals surface area contributed by atoms with Crippen LogP contribution in [0.2, 0.25) is 0 Å². The number of hydrogen-bond acceptors (Lipinski definition) is 7. The molecule has 5 rings (SSSR count). The lowest BCUT2D eigenvalue weighted by Crippen LogP contribution is -2.41. The maximum atomic E-state index is 6.28. The van der Waals surface area contributed by atoms with Gasteiger partial charge in [-0.15, -0.1) is 0 Å². The monoisotopic (exact) mass is 516 g/mol. The van der Waals surface area contributed by atoms with Crippen molar-refractivity contribution < 1.29 is 18.8 Å². The van der Waals surface area contributed by atoms with Gasteiger partial charge in [-0.25, -0.2) is 4.98 Å². The highest BCUT2D eigenvalue weighted by atomic mass is 32.1. The summed E-state index contributed by atoms with van der Waals surface area (Å²) in [7, 11) is 2.98. The summed E-state index contributed by atoms with van der Waals surface area (Å²) in [5.41, 5.74) is 3.60. The quantitative estimate of drug-likeness (QED) is 0.275. The predicted molar refractivity (Wildman–Crippen MR) is 151 cm³/mol. The first-order chi connectivity index (χ1) is 17.7. The molecule has 6 nitrogen and oxygen atoms in total. The molecular formula is C29H33BN2O4S. The van der Waals surface area contributed by atoms with Gasteiger partial charge in [0.25, 0.3) is 0 Å². The van der Waals surface area contributed by atoms with Crippen LogP contribution in [0, 0.1) is 0 Å². The number of hydrogen-bond donors (Lipinski definition) is 0. The van der Waals surface area contributed by atoms with Gasteiger partial charge in [0, 0.05) is 13.1 Å². The minimum absolute atomic E-state index is 0.376. The van der Waals surface area contributed by atoms with Crippen molar-refractivity contribution in [2.24, 2.45) is 0 Å². The van der Waals surface area contributed by atoms with Gasteiger partial charge in [0.1, 0.15) is 11.5 Å². The normalized spacial score (nSPS) is 16.2. The Labute approximate surface area is 223 Å². The fourth-order valence-corrected chi connectivity index (χ4v) is 5.30. The van der Waals surface area contributed by atoms with Crippen LogP contribution < -0.4 is 19.8 Å². The Kier molecular flexibility index (Phi) is 6.92. The van der Waals surface area contributed by atoms with Crippen LogP contribution >= 0.6 is 11.3 Å². The molecule has 0 aliphatic carbocycles. The van der Waals surface area contributed by atoms with Crippen LogP contribution in [0.1, 0.15) is 38.8 Å². The summed E-state index contributed by atoms with van der Waals surface area (Å²) in [4.78, 5) is 7.32. The molecule has 192 valence electrons. The topological polar surface area (TPSA) is 53.1 Å². The van der Waals surface area contributed by atoms with Crippen LogP contribution in [0.4, 0.5) is 5.13 Å². The Morgan fingerprint density at radius 2 is 1.30 bits per heavy atom. The molecule has 4 aromatic rings. The Bertz CT molecular complexity index is 1300. The average Bonchev–Trinajstić information content (AvgIpc) is 3.41. The second-order valence-corrected chi connectivity index (χ2v) is 11.4. The Morgan fingerprint density at radius 1 is 0.784 bits per heavy atom. The number of methoxy groups -OCH3 is 2. The third-order valence-electron chi connectivity index (χ3n) is 7.26. The largest absolute Gasteiger partial charge is 0.497 e. The number of fused-ring (bicyclic) bond motifs is 1. The van der Waals surface area contributed by atoms with E-state index in [0.717, 1.165) is 45.4 Å². The van der Waals surface area contributed by atoms with Gasteiger partial charge in [-0.2, -0.15) is 0 Å². The first kappa shape index (κ1) is 25.6. The van der Waals surface area contributed by atoms with Crippen LogP contribution in [0.3, 0.4) is 0 Å². The van der Waals surface area contributed by atoms with Gasteiger partial charge in [0.05, 0.1) is 35.6 Å². The lowest BCUT2D eigenvalue weighted by atomic mass is 9.79. The van der Waals surface area contributed by atoms with E-state index in [1.54, 1.807) is 25.6 Å². The van der Waals surface area contributed by atoms with Crippen LogP contribution in [-0.2, 0) is 22.4 Å². The average molecular weight is 516 g/mol. The van der Waals surface area contributed by atoms with E-state index in [9.17, 15) is 0 Å². The maximum absolute atomic E-state index is 6.28. The first-order valence-corrected chi connectivity index (χ1v) is 13.3. The Hall–Kier alpha value is -3.07. The van der Waals surface area contributed by atoms with Gasteiger partial charge < -0.3 is 23.7 Å².